The molecule has 96 valence electrons. The maximum absolute atomic E-state index is 11.1. The Morgan fingerprint density at radius 2 is 2.11 bits per heavy atom. The van der Waals surface area contributed by atoms with Gasteiger partial charge >= 0.3 is 0 Å². The van der Waals surface area contributed by atoms with Crippen molar-refractivity contribution >= 4 is 21.4 Å². The summed E-state index contributed by atoms with van der Waals surface area (Å²) in [4.78, 5) is 6.89. The summed E-state index contributed by atoms with van der Waals surface area (Å²) in [7, 11) is -3.25. The lowest BCUT2D eigenvalue weighted by Crippen LogP contribution is -2.09. The second kappa shape index (κ2) is 5.09. The summed E-state index contributed by atoms with van der Waals surface area (Å²) >= 11 is 0. The minimum Gasteiger partial charge on any atom is -0.379 e. The first-order valence-corrected chi connectivity index (χ1v) is 7.21. The van der Waals surface area contributed by atoms with Crippen LogP contribution >= 0.6 is 0 Å². The predicted octanol–water partition coefficient (Wildman–Crippen LogP) is 1.39. The zero-order valence-electron chi connectivity index (χ0n) is 9.84. The van der Waals surface area contributed by atoms with Crippen molar-refractivity contribution in [2.75, 3.05) is 16.3 Å². The molecule has 0 saturated heterocycles. The van der Waals surface area contributed by atoms with Crippen molar-refractivity contribution in [2.24, 2.45) is 0 Å². The monoisotopic (exact) mass is 266 g/mol. The fourth-order valence-electron chi connectivity index (χ4n) is 1.49. The maximum atomic E-state index is 11.1. The predicted molar refractivity (Wildman–Crippen MR) is 70.8 cm³/mol. The van der Waals surface area contributed by atoms with Gasteiger partial charge in [0.2, 0.25) is 10.0 Å². The second-order valence-corrected chi connectivity index (χ2v) is 5.63. The van der Waals surface area contributed by atoms with Gasteiger partial charge < -0.3 is 10.3 Å². The van der Waals surface area contributed by atoms with Gasteiger partial charge in [-0.2, -0.15) is 0 Å². The van der Waals surface area contributed by atoms with Crippen molar-refractivity contribution in [1.29, 1.82) is 0 Å². The molecule has 2 aromatic rings. The number of nitrogens with zero attached hydrogens (tertiary/aromatic N) is 1. The molecule has 3 N–H and O–H groups in total. The highest BCUT2D eigenvalue weighted by atomic mass is 32.2. The number of anilines is 2. The van der Waals surface area contributed by atoms with Crippen molar-refractivity contribution in [1.82, 2.24) is 9.97 Å². The number of benzene rings is 1. The van der Waals surface area contributed by atoms with Crippen molar-refractivity contribution < 1.29 is 8.42 Å². The van der Waals surface area contributed by atoms with Gasteiger partial charge in [0, 0.05) is 11.9 Å². The van der Waals surface area contributed by atoms with Crippen LogP contribution < -0.4 is 10.0 Å². The van der Waals surface area contributed by atoms with Gasteiger partial charge in [-0.05, 0) is 18.2 Å². The summed E-state index contributed by atoms with van der Waals surface area (Å²) in [5.74, 6) is 0. The molecule has 2 rings (SSSR count). The van der Waals surface area contributed by atoms with E-state index in [0.717, 1.165) is 17.6 Å². The average Bonchev–Trinajstić information content (AvgIpc) is 2.77. The van der Waals surface area contributed by atoms with Crippen LogP contribution in [0, 0.1) is 0 Å². The molecule has 0 radical (unpaired) electrons. The lowest BCUT2D eigenvalue weighted by Gasteiger charge is -2.08. The van der Waals surface area contributed by atoms with Crippen LogP contribution in [0.2, 0.25) is 0 Å². The van der Waals surface area contributed by atoms with Crippen LogP contribution in [0.3, 0.4) is 0 Å². The number of aromatic amines is 1. The molecule has 0 unspecified atom stereocenters. The van der Waals surface area contributed by atoms with E-state index in [1.165, 1.54) is 0 Å². The van der Waals surface area contributed by atoms with Gasteiger partial charge in [-0.15, -0.1) is 0 Å². The Hall–Kier alpha value is -2.02. The first-order chi connectivity index (χ1) is 8.53. The molecule has 0 aliphatic carbocycles. The number of aromatic nitrogens is 2. The summed E-state index contributed by atoms with van der Waals surface area (Å²) in [6.07, 6.45) is 4.46. The third-order valence-corrected chi connectivity index (χ3v) is 2.81. The van der Waals surface area contributed by atoms with E-state index in [4.69, 9.17) is 0 Å². The lowest BCUT2D eigenvalue weighted by atomic mass is 10.3. The fraction of sp³-hybridized carbons (Fsp3) is 0.182. The summed E-state index contributed by atoms with van der Waals surface area (Å²) in [6, 6.07) is 7.08. The van der Waals surface area contributed by atoms with E-state index in [-0.39, 0.29) is 0 Å². The van der Waals surface area contributed by atoms with Gasteiger partial charge in [0.05, 0.1) is 30.5 Å². The molecule has 1 aromatic carbocycles. The van der Waals surface area contributed by atoms with E-state index in [1.807, 2.05) is 6.07 Å². The molecular formula is C11H14N4O2S. The van der Waals surface area contributed by atoms with Crippen molar-refractivity contribution in [3.63, 3.8) is 0 Å². The van der Waals surface area contributed by atoms with E-state index < -0.39 is 10.0 Å². The molecule has 0 atom stereocenters. The van der Waals surface area contributed by atoms with Gasteiger partial charge in [0.25, 0.3) is 0 Å². The molecule has 0 fully saturated rings. The van der Waals surface area contributed by atoms with Crippen molar-refractivity contribution in [2.45, 2.75) is 6.54 Å². The summed E-state index contributed by atoms with van der Waals surface area (Å²) in [6.45, 7) is 0.600. The molecule has 0 amide bonds. The van der Waals surface area contributed by atoms with Crippen LogP contribution in [-0.2, 0) is 16.6 Å². The number of rotatable bonds is 5. The van der Waals surface area contributed by atoms with Crippen LogP contribution in [0.1, 0.15) is 5.69 Å². The van der Waals surface area contributed by atoms with E-state index in [0.29, 0.717) is 12.2 Å². The quantitative estimate of drug-likeness (QED) is 0.763. The minimum atomic E-state index is -3.25. The Bertz CT molecular complexity index is 608. The van der Waals surface area contributed by atoms with Gasteiger partial charge in [-0.3, -0.25) is 4.72 Å². The number of imidazole rings is 1. The largest absolute Gasteiger partial charge is 0.379 e. The molecule has 0 bridgehead atoms. The average molecular weight is 266 g/mol. The highest BCUT2D eigenvalue weighted by molar-refractivity contribution is 7.92. The first kappa shape index (κ1) is 12.4. The van der Waals surface area contributed by atoms with Crippen LogP contribution in [0.15, 0.2) is 36.8 Å². The zero-order valence-corrected chi connectivity index (χ0v) is 10.7. The van der Waals surface area contributed by atoms with Crippen LogP contribution in [-0.4, -0.2) is 24.6 Å². The fourth-order valence-corrected chi connectivity index (χ4v) is 2.04. The normalized spacial score (nSPS) is 11.2. The number of hydrogen-bond donors (Lipinski definition) is 3. The Balaban J connectivity index is 2.03. The number of nitrogens with one attached hydrogen (secondary N) is 3. The Kier molecular flexibility index (Phi) is 3.52. The van der Waals surface area contributed by atoms with Crippen molar-refractivity contribution in [3.8, 4) is 0 Å². The standard InChI is InChI=1S/C11H14N4O2S/c1-18(16,17)15-10-4-2-3-9(5-10)13-7-11-6-12-8-14-11/h2-6,8,13,15H,7H2,1H3,(H,12,14). The molecule has 1 heterocycles. The van der Waals surface area contributed by atoms with E-state index in [2.05, 4.69) is 20.0 Å². The maximum Gasteiger partial charge on any atom is 0.229 e. The van der Waals surface area contributed by atoms with Crippen LogP contribution in [0.4, 0.5) is 11.4 Å². The van der Waals surface area contributed by atoms with E-state index >= 15 is 0 Å². The van der Waals surface area contributed by atoms with Crippen molar-refractivity contribution in [3.05, 3.63) is 42.5 Å². The second-order valence-electron chi connectivity index (χ2n) is 3.89. The topological polar surface area (TPSA) is 86.9 Å². The van der Waals surface area contributed by atoms with Crippen LogP contribution in [0.25, 0.3) is 0 Å². The Morgan fingerprint density at radius 3 is 2.78 bits per heavy atom. The third kappa shape index (κ3) is 3.77. The van der Waals surface area contributed by atoms with E-state index in [1.54, 1.807) is 30.7 Å². The first-order valence-electron chi connectivity index (χ1n) is 5.32. The molecule has 0 aliphatic heterocycles. The van der Waals surface area contributed by atoms with Gasteiger partial charge in [0.15, 0.2) is 0 Å². The molecule has 0 aliphatic rings. The molecule has 6 nitrogen and oxygen atoms in total. The van der Waals surface area contributed by atoms with Gasteiger partial charge in [-0.25, -0.2) is 13.4 Å². The summed E-state index contributed by atoms with van der Waals surface area (Å²) in [5.41, 5.74) is 2.32. The van der Waals surface area contributed by atoms with E-state index in [9.17, 15) is 8.42 Å². The number of sulfonamides is 1. The SMILES string of the molecule is CS(=O)(=O)Nc1cccc(NCc2cnc[nH]2)c1. The molecule has 0 spiro atoms. The van der Waals surface area contributed by atoms with Gasteiger partial charge in [0.1, 0.15) is 0 Å². The van der Waals surface area contributed by atoms with Gasteiger partial charge in [-0.1, -0.05) is 6.07 Å². The highest BCUT2D eigenvalue weighted by Crippen LogP contribution is 2.16. The highest BCUT2D eigenvalue weighted by Gasteiger charge is 2.02. The molecular weight excluding hydrogens is 252 g/mol. The molecule has 1 aromatic heterocycles. The summed E-state index contributed by atoms with van der Waals surface area (Å²) in [5, 5.41) is 3.17. The zero-order chi connectivity index (χ0) is 13.0. The number of hydrogen-bond acceptors (Lipinski definition) is 4. The summed E-state index contributed by atoms with van der Waals surface area (Å²) < 4.78 is 24.7. The number of H-pyrrole nitrogens is 1. The lowest BCUT2D eigenvalue weighted by molar-refractivity contribution is 0.607. The third-order valence-electron chi connectivity index (χ3n) is 2.20. The Morgan fingerprint density at radius 1 is 1.33 bits per heavy atom. The smallest absolute Gasteiger partial charge is 0.229 e. The molecule has 7 heteroatoms. The minimum absolute atomic E-state index is 0.534. The molecule has 18 heavy (non-hydrogen) atoms. The van der Waals surface area contributed by atoms with Crippen LogP contribution in [0.5, 0.6) is 0 Å². The Labute approximate surface area is 106 Å². The molecule has 0 saturated carbocycles.